The van der Waals surface area contributed by atoms with Crippen LogP contribution in [0.1, 0.15) is 23.6 Å². The van der Waals surface area contributed by atoms with Crippen LogP contribution in [-0.4, -0.2) is 42.2 Å². The van der Waals surface area contributed by atoms with Gasteiger partial charge in [0.05, 0.1) is 6.33 Å². The van der Waals surface area contributed by atoms with Crippen molar-refractivity contribution in [2.45, 2.75) is 26.9 Å². The molecule has 0 aliphatic heterocycles. The van der Waals surface area contributed by atoms with Crippen LogP contribution in [0.5, 0.6) is 0 Å². The van der Waals surface area contributed by atoms with E-state index < -0.39 is 0 Å². The van der Waals surface area contributed by atoms with Gasteiger partial charge in [-0.25, -0.2) is 4.98 Å². The van der Waals surface area contributed by atoms with Crippen molar-refractivity contribution in [2.24, 2.45) is 4.99 Å². The lowest BCUT2D eigenvalue weighted by atomic mass is 10.1. The molecule has 0 bridgehead atoms. The van der Waals surface area contributed by atoms with Crippen LogP contribution in [0.2, 0.25) is 0 Å². The van der Waals surface area contributed by atoms with E-state index in [0.717, 1.165) is 38.7 Å². The average molecular weight is 405 g/mol. The Hall–Kier alpha value is -3.28. The molecule has 0 saturated carbocycles. The highest BCUT2D eigenvalue weighted by Crippen LogP contribution is 2.15. The summed E-state index contributed by atoms with van der Waals surface area (Å²) in [6, 6.07) is 17.2. The summed E-state index contributed by atoms with van der Waals surface area (Å²) in [5.41, 5.74) is 5.03. The van der Waals surface area contributed by atoms with Crippen molar-refractivity contribution in [1.82, 2.24) is 20.2 Å². The van der Waals surface area contributed by atoms with E-state index in [1.807, 2.05) is 19.6 Å². The lowest BCUT2D eigenvalue weighted by Gasteiger charge is -2.24. The van der Waals surface area contributed by atoms with E-state index in [-0.39, 0.29) is 0 Å². The molecule has 0 spiro atoms. The maximum absolute atomic E-state index is 4.36. The van der Waals surface area contributed by atoms with Crippen LogP contribution < -0.4 is 15.5 Å². The van der Waals surface area contributed by atoms with E-state index in [1.54, 1.807) is 6.20 Å². The SMILES string of the molecule is CCN(CCNC(=NC)NCc1cccc(Cn2ccnc2)c1)c1cccc(C)c1. The van der Waals surface area contributed by atoms with Gasteiger partial charge in [-0.2, -0.15) is 0 Å². The molecule has 6 heteroatoms. The summed E-state index contributed by atoms with van der Waals surface area (Å²) in [7, 11) is 1.81. The summed E-state index contributed by atoms with van der Waals surface area (Å²) in [4.78, 5) is 10.8. The van der Waals surface area contributed by atoms with Crippen molar-refractivity contribution in [3.05, 3.63) is 83.9 Å². The van der Waals surface area contributed by atoms with E-state index in [2.05, 4.69) is 92.5 Å². The first-order valence-corrected chi connectivity index (χ1v) is 10.5. The van der Waals surface area contributed by atoms with Gasteiger partial charge in [-0.05, 0) is 42.7 Å². The minimum Gasteiger partial charge on any atom is -0.370 e. The predicted octanol–water partition coefficient (Wildman–Crippen LogP) is 3.43. The number of nitrogens with zero attached hydrogens (tertiary/aromatic N) is 4. The summed E-state index contributed by atoms with van der Waals surface area (Å²) in [5.74, 6) is 0.815. The second-order valence-electron chi connectivity index (χ2n) is 7.33. The largest absolute Gasteiger partial charge is 0.370 e. The van der Waals surface area contributed by atoms with E-state index in [4.69, 9.17) is 0 Å². The molecule has 0 atom stereocenters. The van der Waals surface area contributed by atoms with E-state index >= 15 is 0 Å². The van der Waals surface area contributed by atoms with Crippen molar-refractivity contribution in [3.63, 3.8) is 0 Å². The quantitative estimate of drug-likeness (QED) is 0.424. The maximum Gasteiger partial charge on any atom is 0.191 e. The molecule has 0 aliphatic rings. The van der Waals surface area contributed by atoms with Gasteiger partial charge in [0, 0.05) is 57.9 Å². The number of likely N-dealkylation sites (N-methyl/N-ethyl adjacent to an activating group) is 1. The van der Waals surface area contributed by atoms with Crippen molar-refractivity contribution in [2.75, 3.05) is 31.6 Å². The number of anilines is 1. The number of nitrogens with one attached hydrogen (secondary N) is 2. The van der Waals surface area contributed by atoms with Gasteiger partial charge in [0.1, 0.15) is 0 Å². The third kappa shape index (κ3) is 6.37. The summed E-state index contributed by atoms with van der Waals surface area (Å²) in [6.07, 6.45) is 5.62. The second-order valence-corrected chi connectivity index (χ2v) is 7.33. The van der Waals surface area contributed by atoms with Gasteiger partial charge in [-0.1, -0.05) is 36.4 Å². The van der Waals surface area contributed by atoms with Crippen LogP contribution in [0.25, 0.3) is 0 Å². The molecule has 2 aromatic carbocycles. The zero-order valence-corrected chi connectivity index (χ0v) is 18.2. The molecule has 0 aliphatic carbocycles. The highest BCUT2D eigenvalue weighted by Gasteiger charge is 2.05. The smallest absolute Gasteiger partial charge is 0.191 e. The molecule has 0 amide bonds. The molecular weight excluding hydrogens is 372 g/mol. The zero-order chi connectivity index (χ0) is 21.2. The van der Waals surface area contributed by atoms with Gasteiger partial charge < -0.3 is 20.1 Å². The summed E-state index contributed by atoms with van der Waals surface area (Å²) >= 11 is 0. The standard InChI is InChI=1S/C24H32N6/c1-4-30(23-10-5-7-20(2)15-23)14-12-27-24(25-3)28-17-21-8-6-9-22(16-21)18-29-13-11-26-19-29/h5-11,13,15-16,19H,4,12,14,17-18H2,1-3H3,(H2,25,27,28). The maximum atomic E-state index is 4.36. The number of rotatable bonds is 9. The number of aromatic nitrogens is 2. The van der Waals surface area contributed by atoms with E-state index in [1.165, 1.54) is 22.4 Å². The van der Waals surface area contributed by atoms with E-state index in [9.17, 15) is 0 Å². The molecule has 2 N–H and O–H groups in total. The third-order valence-corrected chi connectivity index (χ3v) is 5.02. The highest BCUT2D eigenvalue weighted by molar-refractivity contribution is 5.79. The fraction of sp³-hybridized carbons (Fsp3) is 0.333. The van der Waals surface area contributed by atoms with Crippen LogP contribution in [0.3, 0.4) is 0 Å². The summed E-state index contributed by atoms with van der Waals surface area (Å²) in [5, 5.41) is 6.84. The van der Waals surface area contributed by atoms with Crippen molar-refractivity contribution >= 4 is 11.6 Å². The van der Waals surface area contributed by atoms with Crippen molar-refractivity contribution in [3.8, 4) is 0 Å². The van der Waals surface area contributed by atoms with Crippen LogP contribution in [0, 0.1) is 6.92 Å². The minimum atomic E-state index is 0.729. The molecule has 0 unspecified atom stereocenters. The molecule has 30 heavy (non-hydrogen) atoms. The summed E-state index contributed by atoms with van der Waals surface area (Å²) in [6.45, 7) is 8.58. The number of guanidine groups is 1. The molecule has 0 saturated heterocycles. The normalized spacial score (nSPS) is 11.4. The molecule has 1 heterocycles. The monoisotopic (exact) mass is 404 g/mol. The number of aliphatic imine (C=N–C) groups is 1. The van der Waals surface area contributed by atoms with Gasteiger partial charge >= 0.3 is 0 Å². The van der Waals surface area contributed by atoms with Crippen LogP contribution >= 0.6 is 0 Å². The average Bonchev–Trinajstić information content (AvgIpc) is 3.26. The molecule has 6 nitrogen and oxygen atoms in total. The van der Waals surface area contributed by atoms with Gasteiger partial charge in [0.25, 0.3) is 0 Å². The Morgan fingerprint density at radius 3 is 2.67 bits per heavy atom. The molecule has 1 aromatic heterocycles. The number of aryl methyl sites for hydroxylation is 1. The van der Waals surface area contributed by atoms with Crippen LogP contribution in [0.15, 0.2) is 72.2 Å². The first kappa shape index (κ1) is 21.4. The lowest BCUT2D eigenvalue weighted by molar-refractivity contribution is 0.748. The van der Waals surface area contributed by atoms with Crippen LogP contribution in [-0.2, 0) is 13.1 Å². The molecule has 158 valence electrons. The van der Waals surface area contributed by atoms with Crippen molar-refractivity contribution in [1.29, 1.82) is 0 Å². The molecule has 0 fully saturated rings. The van der Waals surface area contributed by atoms with Gasteiger partial charge in [-0.15, -0.1) is 0 Å². The summed E-state index contributed by atoms with van der Waals surface area (Å²) < 4.78 is 2.07. The number of benzene rings is 2. The Bertz CT molecular complexity index is 932. The predicted molar refractivity (Wildman–Crippen MR) is 125 cm³/mol. The Labute approximate surface area is 179 Å². The number of hydrogen-bond donors (Lipinski definition) is 2. The molecule has 3 aromatic rings. The van der Waals surface area contributed by atoms with Crippen molar-refractivity contribution < 1.29 is 0 Å². The minimum absolute atomic E-state index is 0.729. The lowest BCUT2D eigenvalue weighted by Crippen LogP contribution is -2.41. The first-order chi connectivity index (χ1) is 14.7. The first-order valence-electron chi connectivity index (χ1n) is 10.5. The molecular formula is C24H32N6. The fourth-order valence-corrected chi connectivity index (χ4v) is 3.44. The topological polar surface area (TPSA) is 57.5 Å². The fourth-order valence-electron chi connectivity index (χ4n) is 3.44. The van der Waals surface area contributed by atoms with Gasteiger partial charge in [0.2, 0.25) is 0 Å². The molecule has 3 rings (SSSR count). The second kappa shape index (κ2) is 11.0. The van der Waals surface area contributed by atoms with Crippen LogP contribution in [0.4, 0.5) is 5.69 Å². The Morgan fingerprint density at radius 1 is 1.10 bits per heavy atom. The third-order valence-electron chi connectivity index (χ3n) is 5.02. The van der Waals surface area contributed by atoms with Gasteiger partial charge in [-0.3, -0.25) is 4.99 Å². The highest BCUT2D eigenvalue weighted by atomic mass is 15.2. The van der Waals surface area contributed by atoms with E-state index in [0.29, 0.717) is 0 Å². The Balaban J connectivity index is 1.48. The Morgan fingerprint density at radius 2 is 1.93 bits per heavy atom. The number of hydrogen-bond acceptors (Lipinski definition) is 3. The zero-order valence-electron chi connectivity index (χ0n) is 18.2. The Kier molecular flexibility index (Phi) is 7.89. The number of imidazole rings is 1. The van der Waals surface area contributed by atoms with Gasteiger partial charge in [0.15, 0.2) is 5.96 Å². The molecule has 0 radical (unpaired) electrons.